The fourth-order valence-corrected chi connectivity index (χ4v) is 2.34. The van der Waals surface area contributed by atoms with E-state index in [-0.39, 0.29) is 0 Å². The van der Waals surface area contributed by atoms with Crippen LogP contribution in [-0.2, 0) is 0 Å². The average molecular weight is 317 g/mol. The van der Waals surface area contributed by atoms with E-state index >= 15 is 0 Å². The van der Waals surface area contributed by atoms with E-state index in [1.807, 2.05) is 18.2 Å². The van der Waals surface area contributed by atoms with Crippen LogP contribution in [0.25, 0.3) is 6.08 Å². The summed E-state index contributed by atoms with van der Waals surface area (Å²) in [5.74, 6) is 0. The average Bonchev–Trinajstić information content (AvgIpc) is 2.31. The summed E-state index contributed by atoms with van der Waals surface area (Å²) in [5.41, 5.74) is 2.59. The lowest BCUT2D eigenvalue weighted by atomic mass is 10.1. The molecule has 0 amide bonds. The first-order chi connectivity index (χ1) is 8.17. The molecule has 0 spiro atoms. The maximum atomic E-state index is 5.93. The van der Waals surface area contributed by atoms with Gasteiger partial charge in [-0.05, 0) is 37.1 Å². The van der Waals surface area contributed by atoms with Gasteiger partial charge in [0.15, 0.2) is 0 Å². The second-order valence-electron chi connectivity index (χ2n) is 4.00. The Hall–Kier alpha value is -0.310. The monoisotopic (exact) mass is 315 g/mol. The molecular weight excluding hydrogens is 298 g/mol. The highest BCUT2D eigenvalue weighted by Crippen LogP contribution is 2.24. The van der Waals surface area contributed by atoms with Crippen molar-refractivity contribution in [3.05, 3.63) is 38.8 Å². The van der Waals surface area contributed by atoms with Crippen molar-refractivity contribution in [2.75, 3.05) is 13.1 Å². The van der Waals surface area contributed by atoms with Crippen LogP contribution < -0.4 is 5.32 Å². The molecule has 0 unspecified atom stereocenters. The van der Waals surface area contributed by atoms with Gasteiger partial charge in [0.2, 0.25) is 0 Å². The van der Waals surface area contributed by atoms with Gasteiger partial charge >= 0.3 is 0 Å². The predicted molar refractivity (Wildman–Crippen MR) is 80.6 cm³/mol. The second kappa shape index (κ2) is 7.91. The number of nitrogens with one attached hydrogen (secondary N) is 1. The van der Waals surface area contributed by atoms with Crippen molar-refractivity contribution < 1.29 is 0 Å². The summed E-state index contributed by atoms with van der Waals surface area (Å²) >= 11 is 9.46. The van der Waals surface area contributed by atoms with Crippen LogP contribution in [0.1, 0.15) is 32.3 Å². The smallest absolute Gasteiger partial charge is 0.0417 e. The Morgan fingerprint density at radius 1 is 1.41 bits per heavy atom. The third kappa shape index (κ3) is 5.24. The summed E-state index contributed by atoms with van der Waals surface area (Å²) < 4.78 is 1.05. The molecule has 17 heavy (non-hydrogen) atoms. The summed E-state index contributed by atoms with van der Waals surface area (Å²) in [7, 11) is 0. The topological polar surface area (TPSA) is 12.0 Å². The summed E-state index contributed by atoms with van der Waals surface area (Å²) in [6, 6.07) is 5.90. The summed E-state index contributed by atoms with van der Waals surface area (Å²) in [6.07, 6.45) is 4.45. The lowest BCUT2D eigenvalue weighted by Crippen LogP contribution is -2.17. The van der Waals surface area contributed by atoms with Crippen molar-refractivity contribution in [2.24, 2.45) is 0 Å². The molecule has 3 heteroatoms. The Morgan fingerprint density at radius 2 is 2.18 bits per heavy atom. The van der Waals surface area contributed by atoms with Gasteiger partial charge in [0.25, 0.3) is 0 Å². The SMILES string of the molecule is CCCNC/C(=C/c1ccc(Cl)cc1Br)CC. The molecule has 0 saturated heterocycles. The minimum absolute atomic E-state index is 0.760. The minimum Gasteiger partial charge on any atom is -0.313 e. The maximum Gasteiger partial charge on any atom is 0.0417 e. The number of hydrogen-bond acceptors (Lipinski definition) is 1. The molecule has 0 aliphatic heterocycles. The van der Waals surface area contributed by atoms with Gasteiger partial charge in [0.05, 0.1) is 0 Å². The van der Waals surface area contributed by atoms with E-state index in [1.54, 1.807) is 0 Å². The molecule has 0 fully saturated rings. The van der Waals surface area contributed by atoms with E-state index in [0.717, 1.165) is 29.0 Å². The zero-order valence-electron chi connectivity index (χ0n) is 10.4. The van der Waals surface area contributed by atoms with Gasteiger partial charge in [0.1, 0.15) is 0 Å². The lowest BCUT2D eigenvalue weighted by molar-refractivity contribution is 0.706. The highest BCUT2D eigenvalue weighted by atomic mass is 79.9. The Balaban J connectivity index is 2.75. The Bertz CT molecular complexity index is 388. The number of rotatable bonds is 6. The van der Waals surface area contributed by atoms with Crippen molar-refractivity contribution >= 4 is 33.6 Å². The summed E-state index contributed by atoms with van der Waals surface area (Å²) in [5, 5.41) is 4.19. The predicted octanol–water partition coefficient (Wildman–Crippen LogP) is 4.90. The van der Waals surface area contributed by atoms with Crippen molar-refractivity contribution in [3.8, 4) is 0 Å². The molecule has 1 aromatic carbocycles. The van der Waals surface area contributed by atoms with Crippen LogP contribution in [0.15, 0.2) is 28.2 Å². The van der Waals surface area contributed by atoms with E-state index < -0.39 is 0 Å². The molecule has 94 valence electrons. The van der Waals surface area contributed by atoms with Crippen LogP contribution in [0.4, 0.5) is 0 Å². The number of benzene rings is 1. The first-order valence-electron chi connectivity index (χ1n) is 6.02. The highest BCUT2D eigenvalue weighted by Gasteiger charge is 2.00. The number of hydrogen-bond donors (Lipinski definition) is 1. The second-order valence-corrected chi connectivity index (χ2v) is 5.29. The van der Waals surface area contributed by atoms with Gasteiger partial charge < -0.3 is 5.32 Å². The fourth-order valence-electron chi connectivity index (χ4n) is 1.54. The fraction of sp³-hybridized carbons (Fsp3) is 0.429. The molecule has 0 aliphatic carbocycles. The van der Waals surface area contributed by atoms with E-state index in [9.17, 15) is 0 Å². The molecule has 0 saturated carbocycles. The lowest BCUT2D eigenvalue weighted by Gasteiger charge is -2.07. The van der Waals surface area contributed by atoms with Gasteiger partial charge in [-0.1, -0.05) is 59.1 Å². The quantitative estimate of drug-likeness (QED) is 0.736. The molecule has 1 aromatic rings. The standard InChI is InChI=1S/C14H19BrClN/c1-3-7-17-10-11(4-2)8-12-5-6-13(16)9-14(12)15/h5-6,8-9,17H,3-4,7,10H2,1-2H3/b11-8+. The summed E-state index contributed by atoms with van der Waals surface area (Å²) in [6.45, 7) is 6.39. The van der Waals surface area contributed by atoms with E-state index in [4.69, 9.17) is 11.6 Å². The van der Waals surface area contributed by atoms with Crippen molar-refractivity contribution in [2.45, 2.75) is 26.7 Å². The molecule has 1 nitrogen and oxygen atoms in total. The van der Waals surface area contributed by atoms with Crippen LogP contribution in [-0.4, -0.2) is 13.1 Å². The third-order valence-corrected chi connectivity index (χ3v) is 3.48. The Morgan fingerprint density at radius 3 is 2.76 bits per heavy atom. The molecule has 0 bridgehead atoms. The molecule has 0 atom stereocenters. The Labute approximate surface area is 117 Å². The van der Waals surface area contributed by atoms with E-state index in [2.05, 4.69) is 41.2 Å². The summed E-state index contributed by atoms with van der Waals surface area (Å²) in [4.78, 5) is 0. The molecular formula is C14H19BrClN. The van der Waals surface area contributed by atoms with Gasteiger partial charge in [0, 0.05) is 16.0 Å². The van der Waals surface area contributed by atoms with Crippen molar-refractivity contribution in [1.82, 2.24) is 5.32 Å². The van der Waals surface area contributed by atoms with Crippen LogP contribution in [0.3, 0.4) is 0 Å². The van der Waals surface area contributed by atoms with Crippen LogP contribution in [0.5, 0.6) is 0 Å². The number of halogens is 2. The molecule has 0 aromatic heterocycles. The first-order valence-corrected chi connectivity index (χ1v) is 7.19. The third-order valence-electron chi connectivity index (χ3n) is 2.56. The van der Waals surface area contributed by atoms with E-state index in [1.165, 1.54) is 17.6 Å². The largest absolute Gasteiger partial charge is 0.313 e. The molecule has 0 aliphatic rings. The first kappa shape index (κ1) is 14.7. The van der Waals surface area contributed by atoms with Crippen molar-refractivity contribution in [3.63, 3.8) is 0 Å². The normalized spacial score (nSPS) is 11.9. The molecule has 1 N–H and O–H groups in total. The van der Waals surface area contributed by atoms with Crippen molar-refractivity contribution in [1.29, 1.82) is 0 Å². The van der Waals surface area contributed by atoms with Gasteiger partial charge in [-0.25, -0.2) is 0 Å². The molecule has 0 radical (unpaired) electrons. The molecule has 1 rings (SSSR count). The Kier molecular flexibility index (Phi) is 6.86. The zero-order chi connectivity index (χ0) is 12.7. The zero-order valence-corrected chi connectivity index (χ0v) is 12.7. The van der Waals surface area contributed by atoms with Gasteiger partial charge in [-0.2, -0.15) is 0 Å². The maximum absolute atomic E-state index is 5.93. The van der Waals surface area contributed by atoms with Crippen LogP contribution >= 0.6 is 27.5 Å². The van der Waals surface area contributed by atoms with Crippen LogP contribution in [0, 0.1) is 0 Å². The molecule has 0 heterocycles. The minimum atomic E-state index is 0.760. The van der Waals surface area contributed by atoms with Gasteiger partial charge in [-0.15, -0.1) is 0 Å². The van der Waals surface area contributed by atoms with E-state index in [0.29, 0.717) is 0 Å². The van der Waals surface area contributed by atoms with Gasteiger partial charge in [-0.3, -0.25) is 0 Å². The van der Waals surface area contributed by atoms with Crippen LogP contribution in [0.2, 0.25) is 5.02 Å². The highest BCUT2D eigenvalue weighted by molar-refractivity contribution is 9.10.